The second-order valence-corrected chi connectivity index (χ2v) is 5.15. The third-order valence-electron chi connectivity index (χ3n) is 3.43. The van der Waals surface area contributed by atoms with E-state index in [4.69, 9.17) is 9.47 Å². The highest BCUT2D eigenvalue weighted by Gasteiger charge is 2.35. The maximum Gasteiger partial charge on any atom is 0.419 e. The summed E-state index contributed by atoms with van der Waals surface area (Å²) in [5.41, 5.74) is -0.113. The first-order chi connectivity index (χ1) is 10.0. The van der Waals surface area contributed by atoms with E-state index in [-0.39, 0.29) is 18.3 Å². The quantitative estimate of drug-likeness (QED) is 0.875. The molecule has 1 saturated heterocycles. The van der Waals surface area contributed by atoms with E-state index in [9.17, 15) is 13.2 Å². The fraction of sp³-hybridized carbons (Fsp3) is 0.600. The molecule has 1 unspecified atom stereocenters. The summed E-state index contributed by atoms with van der Waals surface area (Å²) in [6, 6.07) is 4.23. The zero-order valence-corrected chi connectivity index (χ0v) is 12.0. The lowest BCUT2D eigenvalue weighted by Gasteiger charge is -2.17. The molecule has 3 nitrogen and oxygen atoms in total. The molecule has 0 saturated carbocycles. The zero-order chi connectivity index (χ0) is 15.3. The minimum atomic E-state index is -4.41. The van der Waals surface area contributed by atoms with Gasteiger partial charge in [0.1, 0.15) is 5.75 Å². The van der Waals surface area contributed by atoms with Crippen LogP contribution < -0.4 is 10.1 Å². The molecule has 1 atom stereocenters. The summed E-state index contributed by atoms with van der Waals surface area (Å²) in [6.07, 6.45) is -3.58. The molecular weight excluding hydrogens is 283 g/mol. The van der Waals surface area contributed by atoms with Crippen molar-refractivity contribution in [2.45, 2.75) is 26.1 Å². The molecule has 1 aliphatic rings. The Morgan fingerprint density at radius 1 is 1.38 bits per heavy atom. The molecule has 6 heteroatoms. The van der Waals surface area contributed by atoms with Crippen molar-refractivity contribution >= 4 is 0 Å². The molecule has 21 heavy (non-hydrogen) atoms. The van der Waals surface area contributed by atoms with Crippen LogP contribution in [0.15, 0.2) is 18.2 Å². The van der Waals surface area contributed by atoms with Gasteiger partial charge in [0.25, 0.3) is 0 Å². The zero-order valence-electron chi connectivity index (χ0n) is 12.0. The van der Waals surface area contributed by atoms with Gasteiger partial charge in [0.2, 0.25) is 0 Å². The second-order valence-electron chi connectivity index (χ2n) is 5.15. The second kappa shape index (κ2) is 7.13. The van der Waals surface area contributed by atoms with Crippen LogP contribution in [0.4, 0.5) is 13.2 Å². The molecule has 0 aromatic heterocycles. The maximum atomic E-state index is 13.1. The van der Waals surface area contributed by atoms with Crippen LogP contribution in [0.1, 0.15) is 24.5 Å². The lowest BCUT2D eigenvalue weighted by Crippen LogP contribution is -2.16. The molecule has 0 aliphatic carbocycles. The molecule has 0 amide bonds. The van der Waals surface area contributed by atoms with Gasteiger partial charge in [-0.3, -0.25) is 0 Å². The Labute approximate surface area is 122 Å². The summed E-state index contributed by atoms with van der Waals surface area (Å²) in [5, 5.41) is 3.01. The van der Waals surface area contributed by atoms with E-state index < -0.39 is 11.7 Å². The van der Waals surface area contributed by atoms with Crippen LogP contribution in [-0.2, 0) is 17.5 Å². The number of benzene rings is 1. The summed E-state index contributed by atoms with van der Waals surface area (Å²) in [4.78, 5) is 0. The molecule has 1 aliphatic heterocycles. The highest BCUT2D eigenvalue weighted by Crippen LogP contribution is 2.37. The van der Waals surface area contributed by atoms with E-state index in [1.807, 2.05) is 6.92 Å². The van der Waals surface area contributed by atoms with E-state index in [2.05, 4.69) is 5.32 Å². The largest absolute Gasteiger partial charge is 0.493 e. The van der Waals surface area contributed by atoms with Crippen molar-refractivity contribution in [2.24, 2.45) is 5.92 Å². The molecule has 2 rings (SSSR count). The first-order valence-corrected chi connectivity index (χ1v) is 7.12. The number of rotatable bonds is 6. The molecule has 0 radical (unpaired) electrons. The minimum Gasteiger partial charge on any atom is -0.493 e. The maximum absolute atomic E-state index is 13.1. The summed E-state index contributed by atoms with van der Waals surface area (Å²) in [5.74, 6) is 0.0715. The van der Waals surface area contributed by atoms with Crippen molar-refractivity contribution in [3.05, 3.63) is 29.3 Å². The third-order valence-corrected chi connectivity index (χ3v) is 3.43. The lowest BCUT2D eigenvalue weighted by atomic mass is 10.1. The van der Waals surface area contributed by atoms with E-state index in [0.29, 0.717) is 31.9 Å². The average Bonchev–Trinajstić information content (AvgIpc) is 2.95. The Morgan fingerprint density at radius 3 is 2.81 bits per heavy atom. The topological polar surface area (TPSA) is 30.5 Å². The highest BCUT2D eigenvalue weighted by atomic mass is 19.4. The van der Waals surface area contributed by atoms with Crippen LogP contribution in [0, 0.1) is 5.92 Å². The van der Waals surface area contributed by atoms with E-state index in [1.54, 1.807) is 6.07 Å². The smallest absolute Gasteiger partial charge is 0.419 e. The number of ether oxygens (including phenoxy) is 2. The van der Waals surface area contributed by atoms with Crippen molar-refractivity contribution in [1.29, 1.82) is 0 Å². The third kappa shape index (κ3) is 4.61. The van der Waals surface area contributed by atoms with Gasteiger partial charge in [0.15, 0.2) is 0 Å². The van der Waals surface area contributed by atoms with Crippen LogP contribution in [0.25, 0.3) is 0 Å². The number of hydrogen-bond acceptors (Lipinski definition) is 3. The van der Waals surface area contributed by atoms with Crippen molar-refractivity contribution in [1.82, 2.24) is 5.32 Å². The van der Waals surface area contributed by atoms with Gasteiger partial charge in [-0.2, -0.15) is 13.2 Å². The first kappa shape index (κ1) is 16.1. The van der Waals surface area contributed by atoms with Crippen LogP contribution in [0.5, 0.6) is 5.75 Å². The van der Waals surface area contributed by atoms with Gasteiger partial charge in [0, 0.05) is 19.1 Å². The molecular formula is C15H20F3NO2. The summed E-state index contributed by atoms with van der Waals surface area (Å²) >= 11 is 0. The minimum absolute atomic E-state index is 0.102. The van der Waals surface area contributed by atoms with Crippen molar-refractivity contribution in [3.8, 4) is 5.75 Å². The first-order valence-electron chi connectivity index (χ1n) is 7.12. The van der Waals surface area contributed by atoms with Crippen molar-refractivity contribution < 1.29 is 22.6 Å². The predicted octanol–water partition coefficient (Wildman–Crippen LogP) is 3.23. The van der Waals surface area contributed by atoms with Crippen LogP contribution >= 0.6 is 0 Å². The molecule has 0 spiro atoms. The van der Waals surface area contributed by atoms with E-state index in [1.165, 1.54) is 6.07 Å². The Hall–Kier alpha value is -1.27. The lowest BCUT2D eigenvalue weighted by molar-refractivity contribution is -0.139. The molecule has 1 N–H and O–H groups in total. The van der Waals surface area contributed by atoms with Crippen molar-refractivity contribution in [2.75, 3.05) is 26.4 Å². The summed E-state index contributed by atoms with van der Waals surface area (Å²) < 4.78 is 50.0. The Bertz CT molecular complexity index is 457. The van der Waals surface area contributed by atoms with E-state index >= 15 is 0 Å². The van der Waals surface area contributed by atoms with Crippen molar-refractivity contribution in [3.63, 3.8) is 0 Å². The normalized spacial score (nSPS) is 19.0. The van der Waals surface area contributed by atoms with Gasteiger partial charge >= 0.3 is 6.18 Å². The Kier molecular flexibility index (Phi) is 5.47. The number of halogens is 3. The van der Waals surface area contributed by atoms with Crippen LogP contribution in [0.3, 0.4) is 0 Å². The van der Waals surface area contributed by atoms with Gasteiger partial charge in [-0.15, -0.1) is 0 Å². The SMILES string of the molecule is CCNCc1ccc(OCC2CCOC2)c(C(F)(F)F)c1. The molecule has 0 bridgehead atoms. The highest BCUT2D eigenvalue weighted by molar-refractivity contribution is 5.39. The van der Waals surface area contributed by atoms with Gasteiger partial charge in [-0.1, -0.05) is 13.0 Å². The molecule has 1 heterocycles. The number of nitrogens with one attached hydrogen (secondary N) is 1. The average molecular weight is 303 g/mol. The van der Waals surface area contributed by atoms with Crippen LogP contribution in [-0.4, -0.2) is 26.4 Å². The fourth-order valence-corrected chi connectivity index (χ4v) is 2.23. The van der Waals surface area contributed by atoms with E-state index in [0.717, 1.165) is 12.5 Å². The van der Waals surface area contributed by atoms with Crippen LogP contribution in [0.2, 0.25) is 0 Å². The number of hydrogen-bond donors (Lipinski definition) is 1. The summed E-state index contributed by atoms with van der Waals surface area (Å²) in [7, 11) is 0. The monoisotopic (exact) mass is 303 g/mol. The van der Waals surface area contributed by atoms with Gasteiger partial charge in [-0.25, -0.2) is 0 Å². The summed E-state index contributed by atoms with van der Waals surface area (Å²) in [6.45, 7) is 4.50. The van der Waals surface area contributed by atoms with Gasteiger partial charge < -0.3 is 14.8 Å². The molecule has 1 aromatic carbocycles. The predicted molar refractivity (Wildman–Crippen MR) is 73.2 cm³/mol. The standard InChI is InChI=1S/C15H20F3NO2/c1-2-19-8-11-3-4-14(13(7-11)15(16,17)18)21-10-12-5-6-20-9-12/h3-4,7,12,19H,2,5-6,8-10H2,1H3. The van der Waals surface area contributed by atoms with Gasteiger partial charge in [-0.05, 0) is 30.7 Å². The molecule has 1 fully saturated rings. The Balaban J connectivity index is 2.10. The van der Waals surface area contributed by atoms with Gasteiger partial charge in [0.05, 0.1) is 18.8 Å². The number of alkyl halides is 3. The fourth-order valence-electron chi connectivity index (χ4n) is 2.23. The molecule has 118 valence electrons. The Morgan fingerprint density at radius 2 is 2.19 bits per heavy atom. The molecule has 1 aromatic rings.